The Labute approximate surface area is 59.4 Å². The third-order valence-corrected chi connectivity index (χ3v) is 1.65. The maximum Gasteiger partial charge on any atom is 0.302 e. The summed E-state index contributed by atoms with van der Waals surface area (Å²) in [5, 5.41) is 0. The minimum atomic E-state index is -0.267. The van der Waals surface area contributed by atoms with E-state index in [-0.39, 0.29) is 11.9 Å². The highest BCUT2D eigenvalue weighted by Crippen LogP contribution is 2.36. The highest BCUT2D eigenvalue weighted by molar-refractivity contribution is 5.66. The van der Waals surface area contributed by atoms with Crippen LogP contribution in [0.5, 0.6) is 0 Å². The molecular formula is C7H10O3. The summed E-state index contributed by atoms with van der Waals surface area (Å²) in [6.45, 7) is 1.79. The zero-order valence-corrected chi connectivity index (χ0v) is 5.87. The van der Waals surface area contributed by atoms with Crippen molar-refractivity contribution in [3.8, 4) is 0 Å². The van der Waals surface area contributed by atoms with E-state index >= 15 is 0 Å². The summed E-state index contributed by atoms with van der Waals surface area (Å²) in [6.07, 6.45) is 1.81. The van der Waals surface area contributed by atoms with Crippen LogP contribution in [-0.2, 0) is 14.3 Å². The van der Waals surface area contributed by atoms with Crippen LogP contribution in [0.3, 0.4) is 0 Å². The zero-order chi connectivity index (χ0) is 7.56. The lowest BCUT2D eigenvalue weighted by Crippen LogP contribution is -2.03. The maximum atomic E-state index is 10.3. The molecule has 0 radical (unpaired) electrons. The molecule has 0 amide bonds. The van der Waals surface area contributed by atoms with Gasteiger partial charge in [-0.15, -0.1) is 0 Å². The summed E-state index contributed by atoms with van der Waals surface area (Å²) in [6, 6.07) is 0. The quantitative estimate of drug-likeness (QED) is 0.422. The summed E-state index contributed by atoms with van der Waals surface area (Å²) in [5.74, 6) is 0.192. The first kappa shape index (κ1) is 7.25. The molecule has 3 heteroatoms. The number of esters is 1. The summed E-state index contributed by atoms with van der Waals surface area (Å²) in [7, 11) is 0. The van der Waals surface area contributed by atoms with E-state index in [1.807, 2.05) is 0 Å². The molecule has 2 unspecified atom stereocenters. The van der Waals surface area contributed by atoms with Gasteiger partial charge in [-0.2, -0.15) is 0 Å². The smallest absolute Gasteiger partial charge is 0.302 e. The van der Waals surface area contributed by atoms with Crippen LogP contribution in [-0.4, -0.2) is 18.9 Å². The number of carbonyl (C=O) groups is 2. The van der Waals surface area contributed by atoms with Gasteiger partial charge in [0.1, 0.15) is 6.29 Å². The minimum absolute atomic E-state index is 0.152. The van der Waals surface area contributed by atoms with Crippen LogP contribution in [0.2, 0.25) is 0 Å². The van der Waals surface area contributed by atoms with Crippen molar-refractivity contribution in [2.45, 2.75) is 13.3 Å². The Kier molecular flexibility index (Phi) is 2.04. The van der Waals surface area contributed by atoms with Crippen molar-refractivity contribution >= 4 is 12.3 Å². The van der Waals surface area contributed by atoms with Crippen LogP contribution in [0.25, 0.3) is 0 Å². The molecule has 0 aliphatic heterocycles. The van der Waals surface area contributed by atoms with E-state index in [1.165, 1.54) is 6.92 Å². The van der Waals surface area contributed by atoms with Crippen LogP contribution in [0.1, 0.15) is 13.3 Å². The molecular weight excluding hydrogens is 132 g/mol. The van der Waals surface area contributed by atoms with Crippen molar-refractivity contribution in [3.63, 3.8) is 0 Å². The third-order valence-electron chi connectivity index (χ3n) is 1.65. The molecule has 0 saturated heterocycles. The van der Waals surface area contributed by atoms with Crippen molar-refractivity contribution in [2.75, 3.05) is 6.61 Å². The summed E-state index contributed by atoms with van der Waals surface area (Å²) in [4.78, 5) is 20.3. The highest BCUT2D eigenvalue weighted by atomic mass is 16.5. The van der Waals surface area contributed by atoms with Gasteiger partial charge in [-0.05, 0) is 6.42 Å². The monoisotopic (exact) mass is 142 g/mol. The van der Waals surface area contributed by atoms with Crippen LogP contribution >= 0.6 is 0 Å². The standard InChI is InChI=1S/C7H10O3/c1-5(9)10-4-7-2-6(7)3-8/h3,6-7H,2,4H2,1H3. The van der Waals surface area contributed by atoms with Gasteiger partial charge >= 0.3 is 5.97 Å². The molecule has 1 rings (SSSR count). The second-order valence-corrected chi connectivity index (χ2v) is 2.60. The Morgan fingerprint density at radius 1 is 1.80 bits per heavy atom. The molecule has 0 spiro atoms. The topological polar surface area (TPSA) is 43.4 Å². The van der Waals surface area contributed by atoms with Gasteiger partial charge < -0.3 is 9.53 Å². The van der Waals surface area contributed by atoms with Crippen LogP contribution in [0.15, 0.2) is 0 Å². The van der Waals surface area contributed by atoms with Crippen LogP contribution in [0, 0.1) is 11.8 Å². The van der Waals surface area contributed by atoms with E-state index in [4.69, 9.17) is 4.74 Å². The SMILES string of the molecule is CC(=O)OCC1CC1C=O. The molecule has 0 bridgehead atoms. The lowest BCUT2D eigenvalue weighted by molar-refractivity contribution is -0.141. The van der Waals surface area contributed by atoms with E-state index in [9.17, 15) is 9.59 Å². The Hall–Kier alpha value is -0.860. The molecule has 0 heterocycles. The number of rotatable bonds is 3. The van der Waals surface area contributed by atoms with E-state index in [2.05, 4.69) is 0 Å². The van der Waals surface area contributed by atoms with Crippen molar-refractivity contribution in [3.05, 3.63) is 0 Å². The van der Waals surface area contributed by atoms with Crippen LogP contribution < -0.4 is 0 Å². The number of carbonyl (C=O) groups excluding carboxylic acids is 2. The van der Waals surface area contributed by atoms with Gasteiger partial charge in [0.15, 0.2) is 0 Å². The predicted molar refractivity (Wildman–Crippen MR) is 34.3 cm³/mol. The second-order valence-electron chi connectivity index (χ2n) is 2.60. The Morgan fingerprint density at radius 3 is 2.90 bits per heavy atom. The molecule has 0 aromatic heterocycles. The molecule has 0 N–H and O–H groups in total. The molecule has 1 fully saturated rings. The average Bonchev–Trinajstić information content (AvgIpc) is 2.61. The number of aldehydes is 1. The van der Waals surface area contributed by atoms with Gasteiger partial charge in [0, 0.05) is 18.8 Å². The fraction of sp³-hybridized carbons (Fsp3) is 0.714. The van der Waals surface area contributed by atoms with Gasteiger partial charge in [-0.25, -0.2) is 0 Å². The Balaban J connectivity index is 2.07. The zero-order valence-electron chi connectivity index (χ0n) is 5.87. The molecule has 0 aromatic rings. The van der Waals surface area contributed by atoms with Crippen molar-refractivity contribution in [2.24, 2.45) is 11.8 Å². The fourth-order valence-electron chi connectivity index (χ4n) is 0.854. The molecule has 1 aliphatic rings. The number of hydrogen-bond donors (Lipinski definition) is 0. The summed E-state index contributed by atoms with van der Waals surface area (Å²) >= 11 is 0. The third kappa shape index (κ3) is 1.83. The van der Waals surface area contributed by atoms with Gasteiger partial charge in [0.05, 0.1) is 6.61 Å². The van der Waals surface area contributed by atoms with E-state index in [0.29, 0.717) is 12.5 Å². The lowest BCUT2D eigenvalue weighted by atomic mass is 10.3. The number of hydrogen-bond acceptors (Lipinski definition) is 3. The van der Waals surface area contributed by atoms with E-state index in [1.54, 1.807) is 0 Å². The predicted octanol–water partition coefficient (Wildman–Crippen LogP) is 0.385. The van der Waals surface area contributed by atoms with E-state index in [0.717, 1.165) is 12.7 Å². The van der Waals surface area contributed by atoms with E-state index < -0.39 is 0 Å². The highest BCUT2D eigenvalue weighted by Gasteiger charge is 2.37. The molecule has 0 aromatic carbocycles. The fourth-order valence-corrected chi connectivity index (χ4v) is 0.854. The first-order valence-corrected chi connectivity index (χ1v) is 3.32. The van der Waals surface area contributed by atoms with Crippen LogP contribution in [0.4, 0.5) is 0 Å². The first-order chi connectivity index (χ1) is 4.74. The van der Waals surface area contributed by atoms with Crippen molar-refractivity contribution in [1.82, 2.24) is 0 Å². The Bertz CT molecular complexity index is 153. The Morgan fingerprint density at radius 2 is 2.50 bits per heavy atom. The van der Waals surface area contributed by atoms with Gasteiger partial charge in [0.25, 0.3) is 0 Å². The minimum Gasteiger partial charge on any atom is -0.466 e. The van der Waals surface area contributed by atoms with Crippen molar-refractivity contribution < 1.29 is 14.3 Å². The molecule has 2 atom stereocenters. The second kappa shape index (κ2) is 2.82. The lowest BCUT2D eigenvalue weighted by Gasteiger charge is -1.96. The molecule has 10 heavy (non-hydrogen) atoms. The van der Waals surface area contributed by atoms with Crippen molar-refractivity contribution in [1.29, 1.82) is 0 Å². The first-order valence-electron chi connectivity index (χ1n) is 3.32. The normalized spacial score (nSPS) is 29.3. The van der Waals surface area contributed by atoms with Gasteiger partial charge in [0.2, 0.25) is 0 Å². The largest absolute Gasteiger partial charge is 0.466 e. The average molecular weight is 142 g/mol. The molecule has 1 saturated carbocycles. The molecule has 3 nitrogen and oxygen atoms in total. The van der Waals surface area contributed by atoms with Gasteiger partial charge in [-0.3, -0.25) is 4.79 Å². The molecule has 1 aliphatic carbocycles. The molecule has 56 valence electrons. The summed E-state index contributed by atoms with van der Waals surface area (Å²) in [5.41, 5.74) is 0. The number of ether oxygens (including phenoxy) is 1. The van der Waals surface area contributed by atoms with Gasteiger partial charge in [-0.1, -0.05) is 0 Å². The summed E-state index contributed by atoms with van der Waals surface area (Å²) < 4.78 is 4.70. The maximum absolute atomic E-state index is 10.3.